The Morgan fingerprint density at radius 3 is 2.31 bits per heavy atom. The van der Waals surface area contributed by atoms with Crippen LogP contribution >= 0.6 is 15.9 Å². The van der Waals surface area contributed by atoms with Crippen molar-refractivity contribution in [3.8, 4) is 11.5 Å². The van der Waals surface area contributed by atoms with E-state index in [0.29, 0.717) is 41.3 Å². The predicted octanol–water partition coefficient (Wildman–Crippen LogP) is 3.85. The quantitative estimate of drug-likeness (QED) is 0.591. The van der Waals surface area contributed by atoms with Crippen LogP contribution in [0, 0.1) is 0 Å². The minimum Gasteiger partial charge on any atom is -0.495 e. The van der Waals surface area contributed by atoms with Crippen molar-refractivity contribution >= 4 is 21.8 Å². The van der Waals surface area contributed by atoms with E-state index in [1.807, 2.05) is 18.2 Å². The lowest BCUT2D eigenvalue weighted by molar-refractivity contribution is 0.0941. The fourth-order valence-electron chi connectivity index (χ4n) is 2.42. The van der Waals surface area contributed by atoms with Gasteiger partial charge in [-0.1, -0.05) is 30.3 Å². The standard InChI is InChI=1S/C20H24BrNO4/c1-24-17-13-16(14-18(25-2)19(17)21)20(23)22-10-6-11-26-12-9-15-7-4-3-5-8-15/h3-5,7-8,13-14H,6,9-12H2,1-2H3,(H,22,23). The van der Waals surface area contributed by atoms with Crippen LogP contribution in [0.15, 0.2) is 46.9 Å². The molecule has 0 aliphatic rings. The smallest absolute Gasteiger partial charge is 0.251 e. The summed E-state index contributed by atoms with van der Waals surface area (Å²) in [6, 6.07) is 13.6. The van der Waals surface area contributed by atoms with Gasteiger partial charge < -0.3 is 19.5 Å². The molecule has 0 atom stereocenters. The van der Waals surface area contributed by atoms with E-state index in [1.54, 1.807) is 26.4 Å². The molecule has 5 nitrogen and oxygen atoms in total. The highest BCUT2D eigenvalue weighted by molar-refractivity contribution is 9.10. The lowest BCUT2D eigenvalue weighted by atomic mass is 10.2. The number of halogens is 1. The normalized spacial score (nSPS) is 10.4. The van der Waals surface area contributed by atoms with Gasteiger partial charge in [0.15, 0.2) is 0 Å². The number of methoxy groups -OCH3 is 2. The highest BCUT2D eigenvalue weighted by Gasteiger charge is 2.14. The highest BCUT2D eigenvalue weighted by atomic mass is 79.9. The molecule has 0 unspecified atom stereocenters. The van der Waals surface area contributed by atoms with Gasteiger partial charge in [-0.2, -0.15) is 0 Å². The Labute approximate surface area is 162 Å². The Kier molecular flexibility index (Phi) is 8.44. The van der Waals surface area contributed by atoms with E-state index in [4.69, 9.17) is 14.2 Å². The lowest BCUT2D eigenvalue weighted by Crippen LogP contribution is -2.25. The van der Waals surface area contributed by atoms with E-state index in [-0.39, 0.29) is 5.91 Å². The first-order valence-corrected chi connectivity index (χ1v) is 9.26. The summed E-state index contributed by atoms with van der Waals surface area (Å²) in [5, 5.41) is 2.88. The van der Waals surface area contributed by atoms with Gasteiger partial charge in [0.1, 0.15) is 16.0 Å². The first-order valence-electron chi connectivity index (χ1n) is 8.47. The molecule has 6 heteroatoms. The molecule has 26 heavy (non-hydrogen) atoms. The number of carbonyl (C=O) groups excluding carboxylic acids is 1. The molecule has 1 N–H and O–H groups in total. The van der Waals surface area contributed by atoms with Gasteiger partial charge in [-0.05, 0) is 46.5 Å². The molecular weight excluding hydrogens is 398 g/mol. The molecule has 0 radical (unpaired) electrons. The molecule has 140 valence electrons. The molecule has 0 bridgehead atoms. The minimum absolute atomic E-state index is 0.168. The van der Waals surface area contributed by atoms with Crippen molar-refractivity contribution in [1.29, 1.82) is 0 Å². The van der Waals surface area contributed by atoms with Crippen molar-refractivity contribution in [2.75, 3.05) is 34.0 Å². The Morgan fingerprint density at radius 1 is 1.04 bits per heavy atom. The van der Waals surface area contributed by atoms with E-state index in [0.717, 1.165) is 12.8 Å². The van der Waals surface area contributed by atoms with E-state index in [9.17, 15) is 4.79 Å². The average Bonchev–Trinajstić information content (AvgIpc) is 2.68. The number of benzene rings is 2. The Balaban J connectivity index is 1.70. The van der Waals surface area contributed by atoms with Crippen molar-refractivity contribution in [2.45, 2.75) is 12.8 Å². The summed E-state index contributed by atoms with van der Waals surface area (Å²) < 4.78 is 16.8. The van der Waals surface area contributed by atoms with Gasteiger partial charge in [0.25, 0.3) is 5.91 Å². The van der Waals surface area contributed by atoms with E-state index in [1.165, 1.54) is 5.56 Å². The molecule has 0 aliphatic carbocycles. The fraction of sp³-hybridized carbons (Fsp3) is 0.350. The van der Waals surface area contributed by atoms with Crippen molar-refractivity contribution in [2.24, 2.45) is 0 Å². The van der Waals surface area contributed by atoms with Gasteiger partial charge in [-0.3, -0.25) is 4.79 Å². The Bertz CT molecular complexity index is 681. The molecule has 0 heterocycles. The van der Waals surface area contributed by atoms with Crippen molar-refractivity contribution in [1.82, 2.24) is 5.32 Å². The molecule has 2 aromatic carbocycles. The number of hydrogen-bond donors (Lipinski definition) is 1. The van der Waals surface area contributed by atoms with Gasteiger partial charge in [0.05, 0.1) is 20.8 Å². The summed E-state index contributed by atoms with van der Waals surface area (Å²) in [6.45, 7) is 1.84. The molecule has 1 amide bonds. The van der Waals surface area contributed by atoms with Crippen LogP contribution in [0.2, 0.25) is 0 Å². The van der Waals surface area contributed by atoms with Gasteiger partial charge >= 0.3 is 0 Å². The van der Waals surface area contributed by atoms with Crippen molar-refractivity contribution in [3.63, 3.8) is 0 Å². The second-order valence-corrected chi connectivity index (χ2v) is 6.45. The number of nitrogens with one attached hydrogen (secondary N) is 1. The molecule has 0 spiro atoms. The first-order chi connectivity index (χ1) is 12.7. The number of carbonyl (C=O) groups is 1. The molecule has 0 aromatic heterocycles. The second kappa shape index (κ2) is 10.8. The van der Waals surface area contributed by atoms with Crippen LogP contribution in [0.4, 0.5) is 0 Å². The lowest BCUT2D eigenvalue weighted by Gasteiger charge is -2.12. The molecule has 2 rings (SSSR count). The second-order valence-electron chi connectivity index (χ2n) is 5.65. The maximum absolute atomic E-state index is 12.3. The topological polar surface area (TPSA) is 56.8 Å². The van der Waals surface area contributed by atoms with Crippen LogP contribution in [0.1, 0.15) is 22.3 Å². The summed E-state index contributed by atoms with van der Waals surface area (Å²) in [5.74, 6) is 0.941. The maximum atomic E-state index is 12.3. The van der Waals surface area contributed by atoms with Crippen molar-refractivity contribution in [3.05, 3.63) is 58.1 Å². The average molecular weight is 422 g/mol. The summed E-state index contributed by atoms with van der Waals surface area (Å²) in [5.41, 5.74) is 1.76. The molecule has 0 aliphatic heterocycles. The fourth-order valence-corrected chi connectivity index (χ4v) is 2.97. The summed E-state index contributed by atoms with van der Waals surface area (Å²) in [4.78, 5) is 12.3. The van der Waals surface area contributed by atoms with Crippen molar-refractivity contribution < 1.29 is 19.0 Å². The molecule has 0 fully saturated rings. The summed E-state index contributed by atoms with van der Waals surface area (Å²) in [6.07, 6.45) is 1.65. The van der Waals surface area contributed by atoms with E-state index >= 15 is 0 Å². The third kappa shape index (κ3) is 6.04. The zero-order chi connectivity index (χ0) is 18.8. The highest BCUT2D eigenvalue weighted by Crippen LogP contribution is 2.35. The SMILES string of the molecule is COc1cc(C(=O)NCCCOCCc2ccccc2)cc(OC)c1Br. The van der Waals surface area contributed by atoms with Crippen LogP contribution in [-0.4, -0.2) is 39.9 Å². The van der Waals surface area contributed by atoms with E-state index in [2.05, 4.69) is 33.4 Å². The first kappa shape index (κ1) is 20.3. The summed E-state index contributed by atoms with van der Waals surface area (Å²) in [7, 11) is 3.10. The van der Waals surface area contributed by atoms with E-state index < -0.39 is 0 Å². The van der Waals surface area contributed by atoms with Crippen LogP contribution in [-0.2, 0) is 11.2 Å². The monoisotopic (exact) mass is 421 g/mol. The van der Waals surface area contributed by atoms with Crippen LogP contribution in [0.5, 0.6) is 11.5 Å². The Morgan fingerprint density at radius 2 is 1.69 bits per heavy atom. The molecule has 2 aromatic rings. The summed E-state index contributed by atoms with van der Waals surface area (Å²) >= 11 is 3.39. The third-order valence-electron chi connectivity index (χ3n) is 3.84. The molecular formula is C20H24BrNO4. The van der Waals surface area contributed by atoms with Gasteiger partial charge in [0.2, 0.25) is 0 Å². The number of hydrogen-bond acceptors (Lipinski definition) is 4. The van der Waals surface area contributed by atoms with Crippen LogP contribution in [0.25, 0.3) is 0 Å². The number of amides is 1. The van der Waals surface area contributed by atoms with Crippen LogP contribution in [0.3, 0.4) is 0 Å². The largest absolute Gasteiger partial charge is 0.495 e. The predicted molar refractivity (Wildman–Crippen MR) is 105 cm³/mol. The minimum atomic E-state index is -0.168. The zero-order valence-electron chi connectivity index (χ0n) is 15.1. The molecule has 0 saturated carbocycles. The molecule has 0 saturated heterocycles. The maximum Gasteiger partial charge on any atom is 0.251 e. The van der Waals surface area contributed by atoms with Gasteiger partial charge in [0, 0.05) is 18.7 Å². The number of rotatable bonds is 10. The Hall–Kier alpha value is -2.05. The van der Waals surface area contributed by atoms with Crippen LogP contribution < -0.4 is 14.8 Å². The van der Waals surface area contributed by atoms with Gasteiger partial charge in [-0.25, -0.2) is 0 Å². The zero-order valence-corrected chi connectivity index (χ0v) is 16.7. The third-order valence-corrected chi connectivity index (χ3v) is 4.62. The van der Waals surface area contributed by atoms with Gasteiger partial charge in [-0.15, -0.1) is 0 Å². The number of ether oxygens (including phenoxy) is 3.